The maximum absolute atomic E-state index is 5.46. The molecule has 4 nitrogen and oxygen atoms in total. The number of aromatic nitrogens is 2. The smallest absolute Gasteiger partial charge is 0.150 e. The minimum Gasteiger partial charge on any atom is -0.358 e. The second kappa shape index (κ2) is 6.35. The molecular formula is C11H20N4. The van der Waals surface area contributed by atoms with Crippen LogP contribution in [0.25, 0.3) is 0 Å². The highest BCUT2D eigenvalue weighted by molar-refractivity contribution is 5.35. The third kappa shape index (κ3) is 3.83. The first-order chi connectivity index (χ1) is 7.27. The number of hydrogen-bond donors (Lipinski definition) is 1. The molecule has 1 aromatic rings. The fraction of sp³-hybridized carbons (Fsp3) is 0.636. The monoisotopic (exact) mass is 208 g/mol. The first-order valence-electron chi connectivity index (χ1n) is 5.51. The third-order valence-electron chi connectivity index (χ3n) is 2.30. The van der Waals surface area contributed by atoms with Gasteiger partial charge in [0.25, 0.3) is 0 Å². The molecule has 0 fully saturated rings. The number of anilines is 1. The highest BCUT2D eigenvalue weighted by atomic mass is 15.2. The zero-order valence-electron chi connectivity index (χ0n) is 9.61. The molecule has 0 aliphatic carbocycles. The molecule has 2 N–H and O–H groups in total. The standard InChI is InChI=1S/C11H20N4/c1-3-5-10-6-7-11(14-13-10)15(2)9-4-8-12/h6-7H,3-5,8-9,12H2,1-2H3. The Hall–Kier alpha value is -1.16. The lowest BCUT2D eigenvalue weighted by Gasteiger charge is -2.16. The molecule has 1 heterocycles. The Morgan fingerprint density at radius 1 is 1.33 bits per heavy atom. The van der Waals surface area contributed by atoms with Crippen molar-refractivity contribution in [2.24, 2.45) is 5.73 Å². The number of hydrogen-bond acceptors (Lipinski definition) is 4. The molecule has 15 heavy (non-hydrogen) atoms. The lowest BCUT2D eigenvalue weighted by Crippen LogP contribution is -2.22. The zero-order valence-corrected chi connectivity index (χ0v) is 9.61. The van der Waals surface area contributed by atoms with Crippen LogP contribution in [0.3, 0.4) is 0 Å². The molecule has 0 bridgehead atoms. The van der Waals surface area contributed by atoms with Crippen LogP contribution in [0, 0.1) is 0 Å². The summed E-state index contributed by atoms with van der Waals surface area (Å²) in [5.74, 6) is 0.920. The summed E-state index contributed by atoms with van der Waals surface area (Å²) < 4.78 is 0. The second-order valence-corrected chi connectivity index (χ2v) is 3.70. The van der Waals surface area contributed by atoms with Crippen molar-refractivity contribution >= 4 is 5.82 Å². The Morgan fingerprint density at radius 2 is 2.13 bits per heavy atom. The van der Waals surface area contributed by atoms with Gasteiger partial charge < -0.3 is 10.6 Å². The van der Waals surface area contributed by atoms with E-state index in [1.54, 1.807) is 0 Å². The summed E-state index contributed by atoms with van der Waals surface area (Å²) in [6, 6.07) is 4.07. The van der Waals surface area contributed by atoms with Gasteiger partial charge in [0, 0.05) is 13.6 Å². The minimum atomic E-state index is 0.714. The van der Waals surface area contributed by atoms with Crippen LogP contribution in [0.4, 0.5) is 5.82 Å². The molecule has 0 radical (unpaired) electrons. The van der Waals surface area contributed by atoms with E-state index in [1.807, 2.05) is 19.2 Å². The van der Waals surface area contributed by atoms with Gasteiger partial charge in [-0.05, 0) is 31.5 Å². The van der Waals surface area contributed by atoms with Crippen LogP contribution in [0.1, 0.15) is 25.5 Å². The molecule has 0 unspecified atom stereocenters. The van der Waals surface area contributed by atoms with Gasteiger partial charge in [-0.15, -0.1) is 5.10 Å². The van der Waals surface area contributed by atoms with Crippen molar-refractivity contribution in [1.29, 1.82) is 0 Å². The summed E-state index contributed by atoms with van der Waals surface area (Å²) in [6.45, 7) is 3.78. The summed E-state index contributed by atoms with van der Waals surface area (Å²) in [4.78, 5) is 2.08. The van der Waals surface area contributed by atoms with Gasteiger partial charge in [-0.25, -0.2) is 0 Å². The van der Waals surface area contributed by atoms with Gasteiger partial charge in [0.05, 0.1) is 5.69 Å². The molecule has 4 heteroatoms. The number of nitrogens with zero attached hydrogens (tertiary/aromatic N) is 3. The lowest BCUT2D eigenvalue weighted by atomic mass is 10.2. The van der Waals surface area contributed by atoms with E-state index in [1.165, 1.54) is 0 Å². The summed E-state index contributed by atoms with van der Waals surface area (Å²) in [5.41, 5.74) is 6.52. The zero-order chi connectivity index (χ0) is 11.1. The molecule has 84 valence electrons. The highest BCUT2D eigenvalue weighted by Gasteiger charge is 2.02. The number of rotatable bonds is 6. The summed E-state index contributed by atoms with van der Waals surface area (Å²) in [5, 5.41) is 8.36. The molecule has 0 aliphatic heterocycles. The number of nitrogens with two attached hydrogens (primary N) is 1. The Morgan fingerprint density at radius 3 is 2.67 bits per heavy atom. The number of aryl methyl sites for hydroxylation is 1. The van der Waals surface area contributed by atoms with Gasteiger partial charge in [-0.1, -0.05) is 13.3 Å². The minimum absolute atomic E-state index is 0.714. The summed E-state index contributed by atoms with van der Waals surface area (Å²) in [7, 11) is 2.01. The fourth-order valence-corrected chi connectivity index (χ4v) is 1.39. The fourth-order valence-electron chi connectivity index (χ4n) is 1.39. The van der Waals surface area contributed by atoms with E-state index in [9.17, 15) is 0 Å². The van der Waals surface area contributed by atoms with E-state index in [2.05, 4.69) is 22.0 Å². The van der Waals surface area contributed by atoms with Gasteiger partial charge in [0.1, 0.15) is 0 Å². The van der Waals surface area contributed by atoms with Crippen LogP contribution in [-0.4, -0.2) is 30.3 Å². The molecule has 0 aliphatic rings. The molecule has 1 rings (SSSR count). The second-order valence-electron chi connectivity index (χ2n) is 3.70. The van der Waals surface area contributed by atoms with Crippen molar-refractivity contribution in [3.05, 3.63) is 17.8 Å². The van der Waals surface area contributed by atoms with Gasteiger partial charge >= 0.3 is 0 Å². The molecule has 0 saturated heterocycles. The van der Waals surface area contributed by atoms with E-state index in [0.717, 1.165) is 37.3 Å². The maximum Gasteiger partial charge on any atom is 0.150 e. The first-order valence-corrected chi connectivity index (χ1v) is 5.51. The summed E-state index contributed by atoms with van der Waals surface area (Å²) >= 11 is 0. The molecule has 1 aromatic heterocycles. The van der Waals surface area contributed by atoms with E-state index in [4.69, 9.17) is 5.73 Å². The predicted octanol–water partition coefficient (Wildman–Crippen LogP) is 1.21. The van der Waals surface area contributed by atoms with Gasteiger partial charge in [-0.3, -0.25) is 0 Å². The lowest BCUT2D eigenvalue weighted by molar-refractivity contribution is 0.767. The Labute approximate surface area is 91.5 Å². The van der Waals surface area contributed by atoms with Crippen molar-refractivity contribution in [2.45, 2.75) is 26.2 Å². The highest BCUT2D eigenvalue weighted by Crippen LogP contribution is 2.08. The van der Waals surface area contributed by atoms with Crippen LogP contribution in [0.2, 0.25) is 0 Å². The molecule has 0 aromatic carbocycles. The van der Waals surface area contributed by atoms with E-state index < -0.39 is 0 Å². The van der Waals surface area contributed by atoms with Gasteiger partial charge in [-0.2, -0.15) is 5.10 Å². The van der Waals surface area contributed by atoms with Crippen LogP contribution in [0.15, 0.2) is 12.1 Å². The molecule has 0 saturated carbocycles. The summed E-state index contributed by atoms with van der Waals surface area (Å²) in [6.07, 6.45) is 3.09. The Kier molecular flexibility index (Phi) is 5.04. The van der Waals surface area contributed by atoms with Gasteiger partial charge in [0.2, 0.25) is 0 Å². The van der Waals surface area contributed by atoms with E-state index in [-0.39, 0.29) is 0 Å². The van der Waals surface area contributed by atoms with Crippen LogP contribution in [-0.2, 0) is 6.42 Å². The topological polar surface area (TPSA) is 55.0 Å². The molecule has 0 amide bonds. The van der Waals surface area contributed by atoms with E-state index in [0.29, 0.717) is 6.54 Å². The van der Waals surface area contributed by atoms with Crippen molar-refractivity contribution in [2.75, 3.05) is 25.0 Å². The van der Waals surface area contributed by atoms with E-state index >= 15 is 0 Å². The van der Waals surface area contributed by atoms with Crippen molar-refractivity contribution < 1.29 is 0 Å². The van der Waals surface area contributed by atoms with Crippen LogP contribution < -0.4 is 10.6 Å². The third-order valence-corrected chi connectivity index (χ3v) is 2.30. The quantitative estimate of drug-likeness (QED) is 0.763. The van der Waals surface area contributed by atoms with Crippen LogP contribution in [0.5, 0.6) is 0 Å². The Bertz CT molecular complexity index is 270. The molecule has 0 spiro atoms. The first kappa shape index (κ1) is 11.9. The SMILES string of the molecule is CCCc1ccc(N(C)CCCN)nn1. The van der Waals surface area contributed by atoms with Crippen molar-refractivity contribution in [1.82, 2.24) is 10.2 Å². The average Bonchev–Trinajstić information content (AvgIpc) is 2.27. The normalized spacial score (nSPS) is 10.3. The van der Waals surface area contributed by atoms with Crippen molar-refractivity contribution in [3.63, 3.8) is 0 Å². The average molecular weight is 208 g/mol. The largest absolute Gasteiger partial charge is 0.358 e. The predicted molar refractivity (Wildman–Crippen MR) is 63.0 cm³/mol. The van der Waals surface area contributed by atoms with Gasteiger partial charge in [0.15, 0.2) is 5.82 Å². The van der Waals surface area contributed by atoms with Crippen molar-refractivity contribution in [3.8, 4) is 0 Å². The molecule has 0 atom stereocenters. The Balaban J connectivity index is 2.54. The van der Waals surface area contributed by atoms with Crippen LogP contribution >= 0.6 is 0 Å². The maximum atomic E-state index is 5.46. The molecular weight excluding hydrogens is 188 g/mol.